The highest BCUT2D eigenvalue weighted by atomic mass is 35.5. The molecule has 0 fully saturated rings. The second-order valence-corrected chi connectivity index (χ2v) is 4.69. The number of hydrogen-bond acceptors (Lipinski definition) is 1. The quantitative estimate of drug-likeness (QED) is 0.597. The van der Waals surface area contributed by atoms with Crippen molar-refractivity contribution in [1.29, 1.82) is 0 Å². The van der Waals surface area contributed by atoms with Crippen LogP contribution in [0.25, 0.3) is 0 Å². The summed E-state index contributed by atoms with van der Waals surface area (Å²) < 4.78 is 0. The Kier molecular flexibility index (Phi) is 5.16. The van der Waals surface area contributed by atoms with Crippen molar-refractivity contribution in [3.63, 3.8) is 0 Å². The van der Waals surface area contributed by atoms with Gasteiger partial charge in [0.05, 0.1) is 10.0 Å². The Balaban J connectivity index is 0.000000187. The molecule has 0 saturated carbocycles. The van der Waals surface area contributed by atoms with Crippen molar-refractivity contribution in [2.75, 3.05) is 0 Å². The van der Waals surface area contributed by atoms with Crippen LogP contribution in [-0.4, -0.2) is 0 Å². The third kappa shape index (κ3) is 3.86. The van der Waals surface area contributed by atoms with Crippen LogP contribution in [0.4, 0.5) is 0 Å². The molecule has 0 bridgehead atoms. The van der Waals surface area contributed by atoms with Gasteiger partial charge in [-0.1, -0.05) is 47.5 Å². The average molecular weight is 259 g/mol. The molecule has 0 aliphatic rings. The van der Waals surface area contributed by atoms with E-state index in [-0.39, 0.29) is 0 Å². The van der Waals surface area contributed by atoms with Gasteiger partial charge in [-0.2, -0.15) is 11.3 Å². The van der Waals surface area contributed by atoms with Gasteiger partial charge in [0.2, 0.25) is 0 Å². The molecule has 2 aromatic rings. The van der Waals surface area contributed by atoms with E-state index < -0.39 is 0 Å². The Hall–Kier alpha value is -0.500. The lowest BCUT2D eigenvalue weighted by Crippen LogP contribution is -1.79. The zero-order valence-corrected chi connectivity index (χ0v) is 11.0. The molecule has 0 atom stereocenters. The van der Waals surface area contributed by atoms with Crippen molar-refractivity contribution in [1.82, 2.24) is 0 Å². The zero-order chi connectivity index (χ0) is 11.3. The summed E-state index contributed by atoms with van der Waals surface area (Å²) in [4.78, 5) is 0. The normalized spacial score (nSPS) is 9.33. The first-order chi connectivity index (χ1) is 7.13. The molecule has 0 aliphatic carbocycles. The lowest BCUT2D eigenvalue weighted by molar-refractivity contribution is 1.40. The van der Waals surface area contributed by atoms with E-state index in [0.717, 1.165) is 11.1 Å². The topological polar surface area (TPSA) is 0 Å². The van der Waals surface area contributed by atoms with E-state index in [1.807, 2.05) is 48.9 Å². The van der Waals surface area contributed by atoms with Gasteiger partial charge in [-0.25, -0.2) is 0 Å². The lowest BCUT2D eigenvalue weighted by atomic mass is 10.2. The predicted molar refractivity (Wildman–Crippen MR) is 70.3 cm³/mol. The van der Waals surface area contributed by atoms with Crippen molar-refractivity contribution in [3.05, 3.63) is 56.2 Å². The van der Waals surface area contributed by atoms with Crippen LogP contribution in [0.2, 0.25) is 10.0 Å². The second-order valence-electron chi connectivity index (χ2n) is 3.12. The summed E-state index contributed by atoms with van der Waals surface area (Å²) in [5, 5.41) is 5.42. The molecule has 1 heterocycles. The van der Waals surface area contributed by atoms with Crippen LogP contribution in [0.1, 0.15) is 11.1 Å². The van der Waals surface area contributed by atoms with Crippen LogP contribution in [-0.2, 0) is 0 Å². The van der Waals surface area contributed by atoms with Gasteiger partial charge in [0.15, 0.2) is 0 Å². The number of thiophene rings is 1. The third-order valence-corrected chi connectivity index (χ3v) is 3.59. The molecule has 3 heteroatoms. The van der Waals surface area contributed by atoms with Gasteiger partial charge in [0, 0.05) is 0 Å². The smallest absolute Gasteiger partial charge is 0.0624 e. The SMILES string of the molecule is Cc1ccc(C)c(Cl)c1Cl.c1ccsc1. The summed E-state index contributed by atoms with van der Waals surface area (Å²) in [6.07, 6.45) is 0. The largest absolute Gasteiger partial charge is 0.152 e. The van der Waals surface area contributed by atoms with Gasteiger partial charge < -0.3 is 0 Å². The van der Waals surface area contributed by atoms with Gasteiger partial charge in [-0.3, -0.25) is 0 Å². The first-order valence-corrected chi connectivity index (χ1v) is 6.21. The predicted octanol–water partition coefficient (Wildman–Crippen LogP) is 5.36. The maximum absolute atomic E-state index is 5.85. The van der Waals surface area contributed by atoms with E-state index in [4.69, 9.17) is 23.2 Å². The van der Waals surface area contributed by atoms with Crippen LogP contribution in [0, 0.1) is 13.8 Å². The van der Waals surface area contributed by atoms with Crippen molar-refractivity contribution in [3.8, 4) is 0 Å². The maximum Gasteiger partial charge on any atom is 0.0624 e. The number of benzene rings is 1. The fourth-order valence-electron chi connectivity index (χ4n) is 0.969. The van der Waals surface area contributed by atoms with Crippen LogP contribution in [0.5, 0.6) is 0 Å². The molecule has 2 rings (SSSR count). The van der Waals surface area contributed by atoms with Gasteiger partial charge in [0.25, 0.3) is 0 Å². The van der Waals surface area contributed by atoms with E-state index in [1.54, 1.807) is 11.3 Å². The highest BCUT2D eigenvalue weighted by Gasteiger charge is 2.02. The van der Waals surface area contributed by atoms with Crippen molar-refractivity contribution < 1.29 is 0 Å². The van der Waals surface area contributed by atoms with E-state index in [1.165, 1.54) is 0 Å². The number of halogens is 2. The van der Waals surface area contributed by atoms with Crippen molar-refractivity contribution >= 4 is 34.5 Å². The fourth-order valence-corrected chi connectivity index (χ4v) is 1.85. The van der Waals surface area contributed by atoms with Crippen molar-refractivity contribution in [2.45, 2.75) is 13.8 Å². The summed E-state index contributed by atoms with van der Waals surface area (Å²) >= 11 is 13.4. The van der Waals surface area contributed by atoms with Crippen LogP contribution in [0.3, 0.4) is 0 Å². The van der Waals surface area contributed by atoms with Crippen LogP contribution >= 0.6 is 34.5 Å². The van der Waals surface area contributed by atoms with E-state index in [2.05, 4.69) is 0 Å². The number of aryl methyl sites for hydroxylation is 2. The minimum atomic E-state index is 0.668. The first kappa shape index (κ1) is 12.6. The molecule has 80 valence electrons. The summed E-state index contributed by atoms with van der Waals surface area (Å²) in [5.41, 5.74) is 2.05. The molecular formula is C12H12Cl2S. The average Bonchev–Trinajstić information content (AvgIpc) is 2.79. The molecule has 1 aromatic heterocycles. The summed E-state index contributed by atoms with van der Waals surface area (Å²) in [6.45, 7) is 3.88. The molecule has 0 spiro atoms. The standard InChI is InChI=1S/C8H8Cl2.C4H4S/c1-5-3-4-6(2)8(10)7(5)9;1-2-4-5-3-1/h3-4H,1-2H3;1-4H. The molecule has 0 saturated heterocycles. The maximum atomic E-state index is 5.85. The van der Waals surface area contributed by atoms with E-state index in [9.17, 15) is 0 Å². The van der Waals surface area contributed by atoms with E-state index >= 15 is 0 Å². The van der Waals surface area contributed by atoms with Gasteiger partial charge in [0.1, 0.15) is 0 Å². The van der Waals surface area contributed by atoms with Gasteiger partial charge in [-0.05, 0) is 35.7 Å². The minimum absolute atomic E-state index is 0.668. The number of rotatable bonds is 0. The Morgan fingerprint density at radius 3 is 1.53 bits per heavy atom. The Morgan fingerprint density at radius 2 is 1.27 bits per heavy atom. The molecule has 0 nitrogen and oxygen atoms in total. The fraction of sp³-hybridized carbons (Fsp3) is 0.167. The second kappa shape index (κ2) is 6.16. The molecule has 0 amide bonds. The molecule has 0 unspecified atom stereocenters. The highest BCUT2D eigenvalue weighted by molar-refractivity contribution is 7.07. The Bertz CT molecular complexity index is 364. The van der Waals surface area contributed by atoms with Gasteiger partial charge in [-0.15, -0.1) is 0 Å². The van der Waals surface area contributed by atoms with Gasteiger partial charge >= 0.3 is 0 Å². The Labute approximate surface area is 104 Å². The summed E-state index contributed by atoms with van der Waals surface area (Å²) in [6, 6.07) is 7.96. The molecular weight excluding hydrogens is 247 g/mol. The summed E-state index contributed by atoms with van der Waals surface area (Å²) in [7, 11) is 0. The zero-order valence-electron chi connectivity index (χ0n) is 8.63. The third-order valence-electron chi connectivity index (χ3n) is 1.89. The molecule has 15 heavy (non-hydrogen) atoms. The van der Waals surface area contributed by atoms with E-state index in [0.29, 0.717) is 10.0 Å². The molecule has 0 N–H and O–H groups in total. The Morgan fingerprint density at radius 1 is 0.867 bits per heavy atom. The number of hydrogen-bond donors (Lipinski definition) is 0. The molecule has 0 radical (unpaired) electrons. The van der Waals surface area contributed by atoms with Crippen LogP contribution < -0.4 is 0 Å². The first-order valence-electron chi connectivity index (χ1n) is 4.51. The van der Waals surface area contributed by atoms with Crippen LogP contribution in [0.15, 0.2) is 35.0 Å². The molecule has 0 aliphatic heterocycles. The van der Waals surface area contributed by atoms with Crippen molar-refractivity contribution in [2.24, 2.45) is 0 Å². The molecule has 1 aromatic carbocycles. The lowest BCUT2D eigenvalue weighted by Gasteiger charge is -2.01. The minimum Gasteiger partial charge on any atom is -0.152 e. The summed E-state index contributed by atoms with van der Waals surface area (Å²) in [5.74, 6) is 0. The monoisotopic (exact) mass is 258 g/mol. The highest BCUT2D eigenvalue weighted by Crippen LogP contribution is 2.27.